The van der Waals surface area contributed by atoms with Crippen molar-refractivity contribution in [2.75, 3.05) is 11.9 Å². The van der Waals surface area contributed by atoms with Crippen LogP contribution in [0.15, 0.2) is 24.3 Å². The molecule has 0 aromatic heterocycles. The fraction of sp³-hybridized carbons (Fsp3) is 0.467. The van der Waals surface area contributed by atoms with Crippen LogP contribution in [0.5, 0.6) is 0 Å². The van der Waals surface area contributed by atoms with E-state index in [1.807, 2.05) is 0 Å². The molecule has 1 aromatic carbocycles. The normalized spacial score (nSPS) is 15.4. The molecule has 19 heavy (non-hydrogen) atoms. The number of hydrogen-bond acceptors (Lipinski definition) is 3. The maximum atomic E-state index is 11.8. The molecule has 1 fully saturated rings. The Hall–Kier alpha value is -1.68. The third-order valence-corrected chi connectivity index (χ3v) is 3.46. The molecule has 2 rings (SSSR count). The lowest BCUT2D eigenvalue weighted by molar-refractivity contribution is -0.115. The van der Waals surface area contributed by atoms with Gasteiger partial charge in [0, 0.05) is 17.3 Å². The number of benzene rings is 1. The zero-order chi connectivity index (χ0) is 13.7. The van der Waals surface area contributed by atoms with E-state index in [2.05, 4.69) is 10.6 Å². The quantitative estimate of drug-likeness (QED) is 0.799. The van der Waals surface area contributed by atoms with E-state index in [0.717, 1.165) is 12.8 Å². The van der Waals surface area contributed by atoms with E-state index in [-0.39, 0.29) is 11.7 Å². The Kier molecular flexibility index (Phi) is 4.68. The fourth-order valence-electron chi connectivity index (χ4n) is 2.39. The van der Waals surface area contributed by atoms with E-state index >= 15 is 0 Å². The van der Waals surface area contributed by atoms with Gasteiger partial charge in [-0.2, -0.15) is 0 Å². The van der Waals surface area contributed by atoms with Gasteiger partial charge in [-0.05, 0) is 31.9 Å². The van der Waals surface area contributed by atoms with Crippen LogP contribution in [0.2, 0.25) is 0 Å². The van der Waals surface area contributed by atoms with Crippen molar-refractivity contribution < 1.29 is 9.59 Å². The molecule has 4 heteroatoms. The fourth-order valence-corrected chi connectivity index (χ4v) is 2.39. The molecule has 0 saturated heterocycles. The molecular weight excluding hydrogens is 240 g/mol. The summed E-state index contributed by atoms with van der Waals surface area (Å²) in [6.45, 7) is 1.84. The predicted molar refractivity (Wildman–Crippen MR) is 75.3 cm³/mol. The Bertz CT molecular complexity index is 465. The van der Waals surface area contributed by atoms with Crippen molar-refractivity contribution >= 4 is 17.4 Å². The van der Waals surface area contributed by atoms with Crippen LogP contribution in [0.1, 0.15) is 43.0 Å². The highest BCUT2D eigenvalue weighted by atomic mass is 16.2. The van der Waals surface area contributed by atoms with Gasteiger partial charge in [-0.25, -0.2) is 0 Å². The largest absolute Gasteiger partial charge is 0.325 e. The van der Waals surface area contributed by atoms with Crippen LogP contribution in [0.3, 0.4) is 0 Å². The van der Waals surface area contributed by atoms with Crippen molar-refractivity contribution in [1.82, 2.24) is 5.32 Å². The molecule has 0 spiro atoms. The first-order chi connectivity index (χ1) is 9.15. The molecule has 1 amide bonds. The van der Waals surface area contributed by atoms with Crippen LogP contribution in [-0.4, -0.2) is 24.3 Å². The Balaban J connectivity index is 1.84. The van der Waals surface area contributed by atoms with E-state index in [0.29, 0.717) is 23.8 Å². The number of anilines is 1. The van der Waals surface area contributed by atoms with Gasteiger partial charge in [-0.1, -0.05) is 25.0 Å². The molecule has 0 radical (unpaired) electrons. The Morgan fingerprint density at radius 1 is 1.26 bits per heavy atom. The first kappa shape index (κ1) is 13.7. The van der Waals surface area contributed by atoms with Gasteiger partial charge in [-0.3, -0.25) is 9.59 Å². The van der Waals surface area contributed by atoms with Crippen molar-refractivity contribution in [3.05, 3.63) is 29.8 Å². The van der Waals surface area contributed by atoms with E-state index in [9.17, 15) is 9.59 Å². The zero-order valence-electron chi connectivity index (χ0n) is 11.2. The van der Waals surface area contributed by atoms with Gasteiger partial charge in [-0.15, -0.1) is 0 Å². The lowest BCUT2D eigenvalue weighted by Crippen LogP contribution is -2.34. The van der Waals surface area contributed by atoms with Crippen molar-refractivity contribution in [2.45, 2.75) is 38.6 Å². The van der Waals surface area contributed by atoms with Crippen molar-refractivity contribution in [1.29, 1.82) is 0 Å². The molecule has 1 aliphatic carbocycles. The standard InChI is InChI=1S/C15H20N2O2/c1-11(18)12-5-4-8-14(9-12)17-15(19)10-16-13-6-2-3-7-13/h4-5,8-9,13,16H,2-3,6-7,10H2,1H3,(H,17,19). The summed E-state index contributed by atoms with van der Waals surface area (Å²) in [6.07, 6.45) is 4.82. The van der Waals surface area contributed by atoms with Crippen molar-refractivity contribution in [3.63, 3.8) is 0 Å². The smallest absolute Gasteiger partial charge is 0.238 e. The van der Waals surface area contributed by atoms with Crippen LogP contribution in [0.4, 0.5) is 5.69 Å². The molecule has 2 N–H and O–H groups in total. The van der Waals surface area contributed by atoms with Gasteiger partial charge in [0.25, 0.3) is 0 Å². The lowest BCUT2D eigenvalue weighted by atomic mass is 10.1. The summed E-state index contributed by atoms with van der Waals surface area (Å²) in [5.74, 6) is -0.0622. The van der Waals surface area contributed by atoms with Gasteiger partial charge in [0.15, 0.2) is 5.78 Å². The van der Waals surface area contributed by atoms with E-state index in [4.69, 9.17) is 0 Å². The van der Waals surface area contributed by atoms with E-state index in [1.165, 1.54) is 19.8 Å². The van der Waals surface area contributed by atoms with E-state index < -0.39 is 0 Å². The zero-order valence-corrected chi connectivity index (χ0v) is 11.2. The maximum absolute atomic E-state index is 11.8. The predicted octanol–water partition coefficient (Wildman–Crippen LogP) is 2.36. The van der Waals surface area contributed by atoms with Crippen molar-refractivity contribution in [3.8, 4) is 0 Å². The highest BCUT2D eigenvalue weighted by Gasteiger charge is 2.15. The Morgan fingerprint density at radius 2 is 2.00 bits per heavy atom. The summed E-state index contributed by atoms with van der Waals surface area (Å²) in [7, 11) is 0. The Labute approximate surface area is 113 Å². The number of nitrogens with one attached hydrogen (secondary N) is 2. The molecule has 0 aliphatic heterocycles. The molecule has 102 valence electrons. The minimum absolute atomic E-state index is 0.000166. The minimum Gasteiger partial charge on any atom is -0.325 e. The highest BCUT2D eigenvalue weighted by Crippen LogP contribution is 2.17. The molecule has 1 saturated carbocycles. The first-order valence-corrected chi connectivity index (χ1v) is 6.79. The van der Waals surface area contributed by atoms with Crippen LogP contribution < -0.4 is 10.6 Å². The first-order valence-electron chi connectivity index (χ1n) is 6.79. The van der Waals surface area contributed by atoms with Gasteiger partial charge >= 0.3 is 0 Å². The average Bonchev–Trinajstić information content (AvgIpc) is 2.90. The third kappa shape index (κ3) is 4.17. The second-order valence-electron chi connectivity index (χ2n) is 5.05. The number of ketones is 1. The SMILES string of the molecule is CC(=O)c1cccc(NC(=O)CNC2CCCC2)c1. The van der Waals surface area contributed by atoms with Gasteiger partial charge < -0.3 is 10.6 Å². The van der Waals surface area contributed by atoms with Crippen LogP contribution in [0.25, 0.3) is 0 Å². The lowest BCUT2D eigenvalue weighted by Gasteiger charge is -2.12. The average molecular weight is 260 g/mol. The van der Waals surface area contributed by atoms with Crippen LogP contribution in [-0.2, 0) is 4.79 Å². The molecule has 1 aliphatic rings. The summed E-state index contributed by atoms with van der Waals surface area (Å²) >= 11 is 0. The monoisotopic (exact) mass is 260 g/mol. The summed E-state index contributed by atoms with van der Waals surface area (Å²) in [4.78, 5) is 23.0. The summed E-state index contributed by atoms with van der Waals surface area (Å²) in [6, 6.07) is 7.50. The molecule has 0 bridgehead atoms. The van der Waals surface area contributed by atoms with Crippen LogP contribution >= 0.6 is 0 Å². The molecular formula is C15H20N2O2. The minimum atomic E-state index is -0.0624. The van der Waals surface area contributed by atoms with E-state index in [1.54, 1.807) is 24.3 Å². The maximum Gasteiger partial charge on any atom is 0.238 e. The molecule has 0 atom stereocenters. The topological polar surface area (TPSA) is 58.2 Å². The highest BCUT2D eigenvalue weighted by molar-refractivity contribution is 5.97. The molecule has 0 heterocycles. The summed E-state index contributed by atoms with van der Waals surface area (Å²) < 4.78 is 0. The molecule has 4 nitrogen and oxygen atoms in total. The van der Waals surface area contributed by atoms with Crippen molar-refractivity contribution in [2.24, 2.45) is 0 Å². The second kappa shape index (κ2) is 6.48. The molecule has 1 aromatic rings. The number of hydrogen-bond donors (Lipinski definition) is 2. The number of amides is 1. The van der Waals surface area contributed by atoms with Gasteiger partial charge in [0.2, 0.25) is 5.91 Å². The number of carbonyl (C=O) groups is 2. The van der Waals surface area contributed by atoms with Crippen LogP contribution in [0, 0.1) is 0 Å². The summed E-state index contributed by atoms with van der Waals surface area (Å²) in [5.41, 5.74) is 1.28. The summed E-state index contributed by atoms with van der Waals surface area (Å²) in [5, 5.41) is 6.07. The third-order valence-electron chi connectivity index (χ3n) is 3.46. The number of Topliss-reactive ketones (excluding diaryl/α,β-unsaturated/α-hetero) is 1. The number of rotatable bonds is 5. The molecule has 0 unspecified atom stereocenters. The second-order valence-corrected chi connectivity index (χ2v) is 5.05. The number of carbonyl (C=O) groups excluding carboxylic acids is 2. The van der Waals surface area contributed by atoms with Gasteiger partial charge in [0.1, 0.15) is 0 Å². The van der Waals surface area contributed by atoms with Gasteiger partial charge in [0.05, 0.1) is 6.54 Å². The Morgan fingerprint density at radius 3 is 2.68 bits per heavy atom.